The van der Waals surface area contributed by atoms with Crippen molar-refractivity contribution in [1.29, 1.82) is 0 Å². The van der Waals surface area contributed by atoms with E-state index in [4.69, 9.17) is 31.8 Å². The molecule has 1 aliphatic carbocycles. The molecule has 0 aromatic carbocycles. The average molecular weight is 434 g/mol. The highest BCUT2D eigenvalue weighted by molar-refractivity contribution is 5.81. The van der Waals surface area contributed by atoms with E-state index in [-0.39, 0.29) is 30.8 Å². The summed E-state index contributed by atoms with van der Waals surface area (Å²) in [6.45, 7) is 2.54. The lowest BCUT2D eigenvalue weighted by atomic mass is 9.81. The van der Waals surface area contributed by atoms with Crippen LogP contribution in [0.25, 0.3) is 0 Å². The van der Waals surface area contributed by atoms with E-state index in [1.807, 2.05) is 19.1 Å². The molecule has 0 unspecified atom stereocenters. The van der Waals surface area contributed by atoms with Crippen LogP contribution >= 0.6 is 0 Å². The van der Waals surface area contributed by atoms with Crippen LogP contribution in [-0.2, 0) is 14.3 Å². The number of amides is 1. The van der Waals surface area contributed by atoms with Crippen LogP contribution in [0.3, 0.4) is 0 Å². The molecule has 0 aromatic heterocycles. The molecule has 2 aliphatic rings. The third-order valence-corrected chi connectivity index (χ3v) is 5.48. The summed E-state index contributed by atoms with van der Waals surface area (Å²) in [5, 5.41) is 24.2. The fraction of sp³-hybridized carbons (Fsp3) is 0.842. The van der Waals surface area contributed by atoms with E-state index in [9.17, 15) is 14.3 Å². The first-order valence-corrected chi connectivity index (χ1v) is 10.4. The van der Waals surface area contributed by atoms with Crippen LogP contribution in [0.15, 0.2) is 12.2 Å². The number of nitrogens with two attached hydrogens (primary N) is 3. The van der Waals surface area contributed by atoms with Gasteiger partial charge in [0.1, 0.15) is 6.17 Å². The smallest absolute Gasteiger partial charge is 0.252 e. The second kappa shape index (κ2) is 12.0. The fourth-order valence-electron chi connectivity index (χ4n) is 3.86. The Morgan fingerprint density at radius 1 is 1.37 bits per heavy atom. The molecule has 1 fully saturated rings. The molecule has 0 aromatic rings. The number of aliphatic hydroxyl groups excluding tert-OH is 2. The number of hydrogen-bond acceptors (Lipinski definition) is 9. The van der Waals surface area contributed by atoms with Gasteiger partial charge in [-0.05, 0) is 18.8 Å². The number of carbonyl (C=O) groups is 1. The minimum Gasteiger partial charge on any atom is -0.395 e. The highest BCUT2D eigenvalue weighted by atomic mass is 19.1. The Hall–Kier alpha value is -1.18. The van der Waals surface area contributed by atoms with Crippen LogP contribution < -0.4 is 27.8 Å². The van der Waals surface area contributed by atoms with Gasteiger partial charge in [-0.25, -0.2) is 4.39 Å². The molecule has 1 aliphatic heterocycles. The topological polar surface area (TPSA) is 178 Å². The van der Waals surface area contributed by atoms with Crippen molar-refractivity contribution in [3.63, 3.8) is 0 Å². The lowest BCUT2D eigenvalue weighted by molar-refractivity contribution is -0.212. The fourth-order valence-corrected chi connectivity index (χ4v) is 3.86. The molecule has 10 nitrogen and oxygen atoms in total. The van der Waals surface area contributed by atoms with Gasteiger partial charge in [0, 0.05) is 31.7 Å². The van der Waals surface area contributed by atoms with Gasteiger partial charge in [-0.2, -0.15) is 0 Å². The molecule has 174 valence electrons. The highest BCUT2D eigenvalue weighted by Gasteiger charge is 2.39. The van der Waals surface area contributed by atoms with Crippen LogP contribution in [-0.4, -0.2) is 91.3 Å². The van der Waals surface area contributed by atoms with Crippen LogP contribution in [0.4, 0.5) is 4.39 Å². The number of halogens is 1. The van der Waals surface area contributed by atoms with Crippen molar-refractivity contribution in [2.24, 2.45) is 23.1 Å². The number of hydrogen-bond donors (Lipinski definition) is 7. The molecule has 1 heterocycles. The maximum Gasteiger partial charge on any atom is 0.252 e. The number of alkyl halides is 1. The highest BCUT2D eigenvalue weighted by Crippen LogP contribution is 2.29. The zero-order valence-corrected chi connectivity index (χ0v) is 17.3. The third-order valence-electron chi connectivity index (χ3n) is 5.48. The second-order valence-electron chi connectivity index (χ2n) is 8.05. The van der Waals surface area contributed by atoms with E-state index < -0.39 is 43.1 Å². The largest absolute Gasteiger partial charge is 0.395 e. The number of aliphatic hydroxyl groups is 2. The Morgan fingerprint density at radius 2 is 2.10 bits per heavy atom. The van der Waals surface area contributed by atoms with Gasteiger partial charge in [0.15, 0.2) is 12.4 Å². The van der Waals surface area contributed by atoms with Gasteiger partial charge in [-0.15, -0.1) is 0 Å². The summed E-state index contributed by atoms with van der Waals surface area (Å²) >= 11 is 0. The number of ether oxygens (including phenoxy) is 2. The van der Waals surface area contributed by atoms with E-state index in [1.54, 1.807) is 0 Å². The van der Waals surface area contributed by atoms with Crippen molar-refractivity contribution < 1.29 is 28.9 Å². The van der Waals surface area contributed by atoms with Crippen molar-refractivity contribution in [3.8, 4) is 0 Å². The molecule has 1 saturated carbocycles. The summed E-state index contributed by atoms with van der Waals surface area (Å²) in [6.07, 6.45) is -0.207. The standard InChI is InChI=1S/C19H36FN5O5/c1-10-6-11(25-18(28)16(27)13(20)8-21)7-15(23)17(10)30-19-14(22)3-2-12(29-19)9-24-4-5-26/h2-3,10-17,19,24,26-27H,4-9,21-23H2,1H3,(H,25,28)/t10-,11+,12+,13+,14-,15+,16-,17+,19-/m1/s1. The van der Waals surface area contributed by atoms with Crippen molar-refractivity contribution in [3.05, 3.63) is 12.2 Å². The maximum atomic E-state index is 13.4. The van der Waals surface area contributed by atoms with Crippen molar-refractivity contribution in [2.75, 3.05) is 26.2 Å². The van der Waals surface area contributed by atoms with E-state index >= 15 is 0 Å². The Labute approximate surface area is 176 Å². The molecule has 0 radical (unpaired) electrons. The minimum absolute atomic E-state index is 0.0282. The Balaban J connectivity index is 1.88. The molecule has 30 heavy (non-hydrogen) atoms. The second-order valence-corrected chi connectivity index (χ2v) is 8.05. The summed E-state index contributed by atoms with van der Waals surface area (Å²) in [5.41, 5.74) is 17.6. The monoisotopic (exact) mass is 433 g/mol. The molecule has 2 rings (SSSR count). The average Bonchev–Trinajstić information content (AvgIpc) is 2.71. The van der Waals surface area contributed by atoms with Crippen molar-refractivity contribution in [1.82, 2.24) is 10.6 Å². The predicted octanol–water partition coefficient (Wildman–Crippen LogP) is -2.54. The molecule has 0 spiro atoms. The summed E-state index contributed by atoms with van der Waals surface area (Å²) < 4.78 is 25.5. The van der Waals surface area contributed by atoms with Gasteiger partial charge in [-0.1, -0.05) is 19.1 Å². The van der Waals surface area contributed by atoms with Gasteiger partial charge in [0.25, 0.3) is 5.91 Å². The number of nitrogens with one attached hydrogen (secondary N) is 2. The van der Waals surface area contributed by atoms with Gasteiger partial charge in [0.05, 0.1) is 24.9 Å². The van der Waals surface area contributed by atoms with E-state index in [0.29, 0.717) is 25.9 Å². The van der Waals surface area contributed by atoms with Gasteiger partial charge >= 0.3 is 0 Å². The predicted molar refractivity (Wildman–Crippen MR) is 109 cm³/mol. The van der Waals surface area contributed by atoms with Crippen LogP contribution in [0.1, 0.15) is 19.8 Å². The van der Waals surface area contributed by atoms with Crippen LogP contribution in [0.2, 0.25) is 0 Å². The minimum atomic E-state index is -1.81. The summed E-state index contributed by atoms with van der Waals surface area (Å²) in [4.78, 5) is 12.0. The normalized spacial score (nSPS) is 36.3. The maximum absolute atomic E-state index is 13.4. The third kappa shape index (κ3) is 6.92. The van der Waals surface area contributed by atoms with E-state index in [2.05, 4.69) is 10.6 Å². The first-order valence-electron chi connectivity index (χ1n) is 10.4. The SMILES string of the molecule is C[C@@H]1C[C@H](NC(=O)[C@H](O)[C@@H](F)CN)C[C@H](N)[C@H]1O[C@H]1O[C@H](CNCCO)C=C[C@H]1N. The molecule has 11 heteroatoms. The van der Waals surface area contributed by atoms with Gasteiger partial charge in [0.2, 0.25) is 0 Å². The molecule has 1 amide bonds. The Bertz CT molecular complexity index is 559. The van der Waals surface area contributed by atoms with Gasteiger partial charge in [-0.3, -0.25) is 4.79 Å². The molecule has 0 saturated heterocycles. The van der Waals surface area contributed by atoms with Gasteiger partial charge < -0.3 is 47.5 Å². The first kappa shape index (κ1) is 25.1. The van der Waals surface area contributed by atoms with E-state index in [0.717, 1.165) is 0 Å². The first-order chi connectivity index (χ1) is 14.3. The molecular formula is C19H36FN5O5. The summed E-state index contributed by atoms with van der Waals surface area (Å²) in [6, 6.07) is -1.15. The molecule has 0 bridgehead atoms. The molecule has 9 atom stereocenters. The van der Waals surface area contributed by atoms with Crippen LogP contribution in [0, 0.1) is 5.92 Å². The van der Waals surface area contributed by atoms with Crippen molar-refractivity contribution >= 4 is 5.91 Å². The summed E-state index contributed by atoms with van der Waals surface area (Å²) in [5.74, 6) is -0.822. The van der Waals surface area contributed by atoms with E-state index in [1.165, 1.54) is 0 Å². The Kier molecular flexibility index (Phi) is 10.0. The lowest BCUT2D eigenvalue weighted by Gasteiger charge is -2.42. The molecular weight excluding hydrogens is 397 g/mol. The zero-order valence-electron chi connectivity index (χ0n) is 17.3. The van der Waals surface area contributed by atoms with Crippen LogP contribution in [0.5, 0.6) is 0 Å². The summed E-state index contributed by atoms with van der Waals surface area (Å²) in [7, 11) is 0. The number of rotatable bonds is 10. The zero-order chi connectivity index (χ0) is 22.3. The quantitative estimate of drug-likeness (QED) is 0.144. The number of carbonyl (C=O) groups excluding carboxylic acids is 1. The van der Waals surface area contributed by atoms with Crippen molar-refractivity contribution in [2.45, 2.75) is 68.7 Å². The Morgan fingerprint density at radius 3 is 2.73 bits per heavy atom. The lowest BCUT2D eigenvalue weighted by Crippen LogP contribution is -2.57. The molecule has 10 N–H and O–H groups in total.